The first-order chi connectivity index (χ1) is 20.7. The van der Waals surface area contributed by atoms with Crippen LogP contribution in [0.1, 0.15) is 55.4 Å². The third kappa shape index (κ3) is 5.58. The van der Waals surface area contributed by atoms with E-state index in [0.29, 0.717) is 67.8 Å². The van der Waals surface area contributed by atoms with Gasteiger partial charge >= 0.3 is 0 Å². The van der Waals surface area contributed by atoms with Crippen LogP contribution in [0.3, 0.4) is 0 Å². The highest BCUT2D eigenvalue weighted by molar-refractivity contribution is 7.07. The van der Waals surface area contributed by atoms with Gasteiger partial charge in [0, 0.05) is 35.9 Å². The van der Waals surface area contributed by atoms with Gasteiger partial charge in [-0.15, -0.1) is 0 Å². The van der Waals surface area contributed by atoms with E-state index in [1.165, 1.54) is 18.3 Å². The monoisotopic (exact) mass is 599 g/mol. The summed E-state index contributed by atoms with van der Waals surface area (Å²) in [5.41, 5.74) is 2.69. The Morgan fingerprint density at radius 1 is 1.05 bits per heavy atom. The number of hydrogen-bond donors (Lipinski definition) is 0. The fourth-order valence-corrected chi connectivity index (χ4v) is 6.23. The molecule has 3 heterocycles. The van der Waals surface area contributed by atoms with Crippen LogP contribution >= 0.6 is 11.3 Å². The van der Waals surface area contributed by atoms with Crippen molar-refractivity contribution in [1.29, 1.82) is 0 Å². The molecule has 2 aromatic carbocycles. The van der Waals surface area contributed by atoms with Crippen molar-refractivity contribution in [3.63, 3.8) is 0 Å². The molecule has 10 heteroatoms. The number of amides is 1. The van der Waals surface area contributed by atoms with Gasteiger partial charge in [0.2, 0.25) is 0 Å². The number of carbonyl (C=O) groups is 2. The summed E-state index contributed by atoms with van der Waals surface area (Å²) < 4.78 is 19.2. The molecule has 0 fully saturated rings. The summed E-state index contributed by atoms with van der Waals surface area (Å²) in [6.45, 7) is 8.18. The number of furan rings is 1. The first-order valence-corrected chi connectivity index (χ1v) is 14.8. The third-order valence-corrected chi connectivity index (χ3v) is 8.49. The molecule has 4 aromatic rings. The Balaban J connectivity index is 1.66. The van der Waals surface area contributed by atoms with E-state index in [0.717, 1.165) is 5.56 Å². The van der Waals surface area contributed by atoms with Crippen molar-refractivity contribution >= 4 is 29.1 Å². The summed E-state index contributed by atoms with van der Waals surface area (Å²) in [4.78, 5) is 46.6. The predicted octanol–water partition coefficient (Wildman–Crippen LogP) is 4.58. The van der Waals surface area contributed by atoms with Gasteiger partial charge in [-0.3, -0.25) is 19.0 Å². The van der Waals surface area contributed by atoms with Crippen LogP contribution in [0.2, 0.25) is 0 Å². The Morgan fingerprint density at radius 2 is 1.77 bits per heavy atom. The second kappa shape index (κ2) is 12.3. The minimum absolute atomic E-state index is 0.0101. The van der Waals surface area contributed by atoms with E-state index in [4.69, 9.17) is 18.9 Å². The SMILES string of the molecule is CCN(CC)C(=O)C1=C(C)N=c2s/c(=C/c3ccc(-c4ccc(C(C)=O)cc4)o3)c(=O)n2[C@@H]1c1cc(OC)ccc1OC. The Bertz CT molecular complexity index is 1910. The second-order valence-electron chi connectivity index (χ2n) is 10.0. The molecular weight excluding hydrogens is 566 g/mol. The fraction of sp³-hybridized carbons (Fsp3) is 0.273. The molecule has 0 N–H and O–H groups in total. The zero-order valence-electron chi connectivity index (χ0n) is 25.0. The van der Waals surface area contributed by atoms with Crippen LogP contribution in [0.4, 0.5) is 0 Å². The number of hydrogen-bond acceptors (Lipinski definition) is 8. The molecule has 9 nitrogen and oxygen atoms in total. The van der Waals surface area contributed by atoms with Gasteiger partial charge in [0.15, 0.2) is 10.6 Å². The Kier molecular flexibility index (Phi) is 8.50. The first kappa shape index (κ1) is 29.8. The van der Waals surface area contributed by atoms with E-state index in [9.17, 15) is 14.4 Å². The van der Waals surface area contributed by atoms with Crippen LogP contribution in [-0.2, 0) is 4.79 Å². The maximum Gasteiger partial charge on any atom is 0.271 e. The van der Waals surface area contributed by atoms with Crippen LogP contribution in [0, 0.1) is 0 Å². The lowest BCUT2D eigenvalue weighted by Crippen LogP contribution is -2.43. The average molecular weight is 600 g/mol. The molecule has 2 aromatic heterocycles. The average Bonchev–Trinajstić information content (AvgIpc) is 3.60. The third-order valence-electron chi connectivity index (χ3n) is 7.51. The number of ketones is 1. The maximum atomic E-state index is 14.1. The molecule has 43 heavy (non-hydrogen) atoms. The Labute approximate surface area is 253 Å². The molecule has 0 saturated heterocycles. The van der Waals surface area contributed by atoms with Gasteiger partial charge < -0.3 is 18.8 Å². The standard InChI is InChI=1S/C33H33N3O6S/c1-7-35(8-2)32(39)29-19(3)34-33-36(30(29)25-17-23(40-5)13-16-27(25)41-6)31(38)28(43-33)18-24-14-15-26(42-24)22-11-9-21(10-12-22)20(4)37/h9-18,30H,7-8H2,1-6H3/b28-18+/t30-/m1/s1. The number of rotatable bonds is 9. The van der Waals surface area contributed by atoms with Gasteiger partial charge in [0.25, 0.3) is 11.5 Å². The van der Waals surface area contributed by atoms with Crippen molar-refractivity contribution in [2.45, 2.75) is 33.7 Å². The number of aromatic nitrogens is 1. The van der Waals surface area contributed by atoms with Gasteiger partial charge in [-0.25, -0.2) is 4.99 Å². The summed E-state index contributed by atoms with van der Waals surface area (Å²) in [6, 6.07) is 15.3. The van der Waals surface area contributed by atoms with Crippen molar-refractivity contribution in [1.82, 2.24) is 9.47 Å². The van der Waals surface area contributed by atoms with Gasteiger partial charge in [0.05, 0.1) is 30.0 Å². The number of likely N-dealkylation sites (N-methyl/N-ethyl adjacent to an activating group) is 1. The number of fused-ring (bicyclic) bond motifs is 1. The van der Waals surface area contributed by atoms with E-state index in [1.807, 2.05) is 32.0 Å². The van der Waals surface area contributed by atoms with Crippen LogP contribution in [0.5, 0.6) is 11.5 Å². The number of carbonyl (C=O) groups excluding carboxylic acids is 2. The number of benzene rings is 2. The van der Waals surface area contributed by atoms with Crippen LogP contribution < -0.4 is 24.4 Å². The topological polar surface area (TPSA) is 103 Å². The summed E-state index contributed by atoms with van der Waals surface area (Å²) in [6.07, 6.45) is 1.68. The molecule has 1 aliphatic rings. The largest absolute Gasteiger partial charge is 0.497 e. The van der Waals surface area contributed by atoms with Crippen molar-refractivity contribution < 1.29 is 23.5 Å². The first-order valence-electron chi connectivity index (χ1n) is 14.0. The molecule has 222 valence electrons. The summed E-state index contributed by atoms with van der Waals surface area (Å²) in [5, 5.41) is 0. The Morgan fingerprint density at radius 3 is 2.40 bits per heavy atom. The molecule has 0 radical (unpaired) electrons. The van der Waals surface area contributed by atoms with E-state index in [2.05, 4.69) is 0 Å². The molecule has 5 rings (SSSR count). The summed E-state index contributed by atoms with van der Waals surface area (Å²) in [5.74, 6) is 1.98. The summed E-state index contributed by atoms with van der Waals surface area (Å²) >= 11 is 1.23. The van der Waals surface area contributed by atoms with E-state index in [1.54, 1.807) is 73.1 Å². The van der Waals surface area contributed by atoms with Gasteiger partial charge in [-0.2, -0.15) is 0 Å². The number of methoxy groups -OCH3 is 2. The van der Waals surface area contributed by atoms with Gasteiger partial charge in [0.1, 0.15) is 29.1 Å². The molecule has 0 aliphatic carbocycles. The zero-order chi connectivity index (χ0) is 30.8. The lowest BCUT2D eigenvalue weighted by Gasteiger charge is -2.30. The quantitative estimate of drug-likeness (QED) is 0.261. The lowest BCUT2D eigenvalue weighted by atomic mass is 9.93. The van der Waals surface area contributed by atoms with Crippen molar-refractivity contribution in [3.8, 4) is 22.8 Å². The molecule has 0 spiro atoms. The van der Waals surface area contributed by atoms with Crippen molar-refractivity contribution in [2.24, 2.45) is 4.99 Å². The molecule has 0 unspecified atom stereocenters. The van der Waals surface area contributed by atoms with E-state index >= 15 is 0 Å². The van der Waals surface area contributed by atoms with Crippen molar-refractivity contribution in [3.05, 3.63) is 102 Å². The molecule has 0 saturated carbocycles. The van der Waals surface area contributed by atoms with E-state index < -0.39 is 6.04 Å². The maximum absolute atomic E-state index is 14.1. The van der Waals surface area contributed by atoms with Crippen LogP contribution in [0.25, 0.3) is 17.4 Å². The van der Waals surface area contributed by atoms with Crippen LogP contribution in [-0.4, -0.2) is 48.5 Å². The number of nitrogens with zero attached hydrogens (tertiary/aromatic N) is 3. The fourth-order valence-electron chi connectivity index (χ4n) is 5.21. The predicted molar refractivity (Wildman–Crippen MR) is 165 cm³/mol. The summed E-state index contributed by atoms with van der Waals surface area (Å²) in [7, 11) is 3.12. The van der Waals surface area contributed by atoms with Crippen LogP contribution in [0.15, 0.2) is 80.1 Å². The molecule has 1 aliphatic heterocycles. The highest BCUT2D eigenvalue weighted by atomic mass is 32.1. The minimum atomic E-state index is -0.788. The van der Waals surface area contributed by atoms with E-state index in [-0.39, 0.29) is 17.2 Å². The van der Waals surface area contributed by atoms with Gasteiger partial charge in [-0.1, -0.05) is 35.6 Å². The molecule has 0 bridgehead atoms. The number of ether oxygens (including phenoxy) is 2. The highest BCUT2D eigenvalue weighted by Crippen LogP contribution is 2.38. The number of allylic oxidation sites excluding steroid dienone is 1. The van der Waals surface area contributed by atoms with Gasteiger partial charge in [-0.05, 0) is 58.0 Å². The number of thiazole rings is 1. The minimum Gasteiger partial charge on any atom is -0.497 e. The number of Topliss-reactive ketones (excluding diaryl/α,β-unsaturated/α-hetero) is 1. The smallest absolute Gasteiger partial charge is 0.271 e. The Hall–Kier alpha value is -4.70. The normalized spacial score (nSPS) is 14.7. The zero-order valence-corrected chi connectivity index (χ0v) is 25.8. The molecule has 1 atom stereocenters. The molecule has 1 amide bonds. The second-order valence-corrected chi connectivity index (χ2v) is 11.0. The lowest BCUT2D eigenvalue weighted by molar-refractivity contribution is -0.127. The van der Waals surface area contributed by atoms with Crippen molar-refractivity contribution in [2.75, 3.05) is 27.3 Å². The molecular formula is C33H33N3O6S. The highest BCUT2D eigenvalue weighted by Gasteiger charge is 2.36.